The number of alkyl halides is 3. The number of hydrazone groups is 1. The van der Waals surface area contributed by atoms with Crippen LogP contribution >= 0.6 is 0 Å². The maximum atomic E-state index is 13.0. The smallest absolute Gasteiger partial charge is 0.435 e. The van der Waals surface area contributed by atoms with Crippen molar-refractivity contribution in [2.45, 2.75) is 64.0 Å². The molecule has 9 nitrogen and oxygen atoms in total. The van der Waals surface area contributed by atoms with E-state index in [0.717, 1.165) is 5.69 Å². The van der Waals surface area contributed by atoms with E-state index in [4.69, 9.17) is 4.74 Å². The first kappa shape index (κ1) is 24.6. The predicted molar refractivity (Wildman–Crippen MR) is 119 cm³/mol. The molecular formula is C23H26F3N5O4. The van der Waals surface area contributed by atoms with Crippen LogP contribution in [0.3, 0.4) is 0 Å². The Morgan fingerprint density at radius 3 is 2.69 bits per heavy atom. The van der Waals surface area contributed by atoms with Crippen LogP contribution in [-0.4, -0.2) is 45.9 Å². The van der Waals surface area contributed by atoms with Crippen molar-refractivity contribution < 1.29 is 32.2 Å². The molecule has 2 amide bonds. The third-order valence-corrected chi connectivity index (χ3v) is 6.26. The van der Waals surface area contributed by atoms with E-state index in [9.17, 15) is 22.8 Å². The monoisotopic (exact) mass is 493 g/mol. The number of aromatic nitrogens is 2. The summed E-state index contributed by atoms with van der Waals surface area (Å²) in [5.41, 5.74) is 2.46. The number of hydrogen-bond donors (Lipinski definition) is 3. The van der Waals surface area contributed by atoms with Gasteiger partial charge in [-0.2, -0.15) is 10.2 Å². The maximum absolute atomic E-state index is 13.0. The van der Waals surface area contributed by atoms with Crippen LogP contribution in [0.1, 0.15) is 60.8 Å². The van der Waals surface area contributed by atoms with E-state index >= 15 is 0 Å². The summed E-state index contributed by atoms with van der Waals surface area (Å²) in [6, 6.07) is 7.20. The molecule has 1 aliphatic heterocycles. The normalized spacial score (nSPS) is 23.2. The zero-order chi connectivity index (χ0) is 25.2. The number of para-hydroxylation sites is 1. The van der Waals surface area contributed by atoms with Crippen molar-refractivity contribution in [3.05, 3.63) is 47.3 Å². The number of amides is 2. The Labute approximate surface area is 199 Å². The van der Waals surface area contributed by atoms with E-state index < -0.39 is 23.8 Å². The van der Waals surface area contributed by atoms with Crippen molar-refractivity contribution >= 4 is 17.7 Å². The summed E-state index contributed by atoms with van der Waals surface area (Å²) in [5.74, 6) is -0.463. The van der Waals surface area contributed by atoms with Gasteiger partial charge in [-0.3, -0.25) is 9.89 Å². The van der Waals surface area contributed by atoms with E-state index in [0.29, 0.717) is 37.8 Å². The van der Waals surface area contributed by atoms with Gasteiger partial charge in [-0.05, 0) is 70.1 Å². The van der Waals surface area contributed by atoms with Gasteiger partial charge in [-0.15, -0.1) is 13.2 Å². The molecular weight excluding hydrogens is 467 g/mol. The summed E-state index contributed by atoms with van der Waals surface area (Å²) in [6.45, 7) is 3.72. The van der Waals surface area contributed by atoms with Crippen molar-refractivity contribution in [2.24, 2.45) is 11.0 Å². The van der Waals surface area contributed by atoms with E-state index in [-0.39, 0.29) is 29.1 Å². The number of carbonyl (C=O) groups is 2. The molecule has 1 saturated carbocycles. The fourth-order valence-corrected chi connectivity index (χ4v) is 4.74. The number of H-pyrrole nitrogens is 1. The molecule has 1 aromatic carbocycles. The van der Waals surface area contributed by atoms with E-state index in [1.807, 2.05) is 13.8 Å². The van der Waals surface area contributed by atoms with Crippen LogP contribution < -0.4 is 15.5 Å². The fourth-order valence-electron chi connectivity index (χ4n) is 4.74. The highest BCUT2D eigenvalue weighted by Crippen LogP contribution is 2.42. The summed E-state index contributed by atoms with van der Waals surface area (Å²) in [4.78, 5) is 24.4. The topological polar surface area (TPSA) is 118 Å². The molecule has 2 aromatic rings. The van der Waals surface area contributed by atoms with Crippen LogP contribution in [0.25, 0.3) is 0 Å². The number of benzene rings is 1. The van der Waals surface area contributed by atoms with Gasteiger partial charge in [0.15, 0.2) is 5.60 Å². The minimum atomic E-state index is -4.88. The second-order valence-corrected chi connectivity index (χ2v) is 8.99. The van der Waals surface area contributed by atoms with Gasteiger partial charge >= 0.3 is 12.5 Å². The summed E-state index contributed by atoms with van der Waals surface area (Å²) in [7, 11) is 0. The fraction of sp³-hybridized carbons (Fsp3) is 0.478. The quantitative estimate of drug-likeness (QED) is 0.558. The molecule has 2 heterocycles. The average molecular weight is 493 g/mol. The Kier molecular flexibility index (Phi) is 6.73. The Balaban J connectivity index is 1.45. The molecule has 3 N–H and O–H groups in total. The molecule has 0 saturated heterocycles. The van der Waals surface area contributed by atoms with Crippen LogP contribution in [-0.2, 0) is 4.74 Å². The summed E-state index contributed by atoms with van der Waals surface area (Å²) in [5, 5.41) is 13.7. The summed E-state index contributed by atoms with van der Waals surface area (Å²) in [6.07, 6.45) is -2.91. The van der Waals surface area contributed by atoms with Crippen molar-refractivity contribution in [1.82, 2.24) is 20.9 Å². The first-order chi connectivity index (χ1) is 16.5. The summed E-state index contributed by atoms with van der Waals surface area (Å²) >= 11 is 0. The van der Waals surface area contributed by atoms with Gasteiger partial charge in [0, 0.05) is 17.3 Å². The van der Waals surface area contributed by atoms with E-state index in [1.54, 1.807) is 12.1 Å². The number of rotatable bonds is 6. The number of halogens is 3. The Bertz CT molecular complexity index is 1120. The molecule has 0 radical (unpaired) electrons. The van der Waals surface area contributed by atoms with Crippen LogP contribution in [0.15, 0.2) is 35.4 Å². The molecule has 188 valence electrons. The minimum Gasteiger partial charge on any atom is -0.435 e. The lowest BCUT2D eigenvalue weighted by Crippen LogP contribution is -2.52. The highest BCUT2D eigenvalue weighted by Gasteiger charge is 2.47. The molecule has 1 aromatic heterocycles. The molecule has 1 spiro atoms. The average Bonchev–Trinajstić information content (AvgIpc) is 3.22. The molecule has 0 bridgehead atoms. The standard InChI is InChI=1S/C23H26F3N5O4/c1-13(27-20(32)17-12-14(2)28-29-17)11-15-7-9-22(10-8-15)19(30-31-21(33)35-22)16-5-3-4-6-18(16)34-23(24,25)26/h3-6,12-13,15H,7-11H2,1-2H3,(H,27,32)(H,28,29)(H,31,33)/t13-,15?,22?/m0/s1. The minimum absolute atomic E-state index is 0.109. The lowest BCUT2D eigenvalue weighted by atomic mass is 9.72. The SMILES string of the molecule is Cc1cc(C(=O)N[C@@H](C)CC2CCC3(CC2)OC(=O)NN=C3c2ccccc2OC(F)(F)F)n[nH]1. The molecule has 0 unspecified atom stereocenters. The number of aromatic amines is 1. The first-order valence-corrected chi connectivity index (χ1v) is 11.3. The van der Waals surface area contributed by atoms with Gasteiger partial charge in [-0.1, -0.05) is 12.1 Å². The Morgan fingerprint density at radius 2 is 2.03 bits per heavy atom. The Morgan fingerprint density at radius 1 is 1.31 bits per heavy atom. The second kappa shape index (κ2) is 9.59. The van der Waals surface area contributed by atoms with E-state index in [2.05, 4.69) is 30.8 Å². The van der Waals surface area contributed by atoms with Crippen molar-refractivity contribution in [2.75, 3.05) is 0 Å². The van der Waals surface area contributed by atoms with Gasteiger partial charge in [0.2, 0.25) is 0 Å². The number of aryl methyl sites for hydroxylation is 1. The number of ether oxygens (including phenoxy) is 2. The number of nitrogens with zero attached hydrogens (tertiary/aromatic N) is 2. The Hall–Kier alpha value is -3.57. The lowest BCUT2D eigenvalue weighted by molar-refractivity contribution is -0.274. The third kappa shape index (κ3) is 5.75. The number of carbonyl (C=O) groups excluding carboxylic acids is 2. The maximum Gasteiger partial charge on any atom is 0.573 e. The van der Waals surface area contributed by atoms with Crippen molar-refractivity contribution in [3.8, 4) is 5.75 Å². The molecule has 12 heteroatoms. The highest BCUT2D eigenvalue weighted by atomic mass is 19.4. The zero-order valence-corrected chi connectivity index (χ0v) is 19.2. The van der Waals surface area contributed by atoms with Crippen LogP contribution in [0, 0.1) is 12.8 Å². The van der Waals surface area contributed by atoms with Gasteiger partial charge in [0.1, 0.15) is 17.2 Å². The molecule has 2 aliphatic rings. The number of nitrogens with one attached hydrogen (secondary N) is 3. The first-order valence-electron chi connectivity index (χ1n) is 11.3. The van der Waals surface area contributed by atoms with Gasteiger partial charge in [-0.25, -0.2) is 10.2 Å². The van der Waals surface area contributed by atoms with E-state index in [1.165, 1.54) is 18.2 Å². The predicted octanol–water partition coefficient (Wildman–Crippen LogP) is 4.20. The van der Waals surface area contributed by atoms with Crippen LogP contribution in [0.5, 0.6) is 5.75 Å². The summed E-state index contributed by atoms with van der Waals surface area (Å²) < 4.78 is 48.7. The van der Waals surface area contributed by atoms with Crippen molar-refractivity contribution in [1.29, 1.82) is 0 Å². The second-order valence-electron chi connectivity index (χ2n) is 8.99. The molecule has 35 heavy (non-hydrogen) atoms. The highest BCUT2D eigenvalue weighted by molar-refractivity contribution is 6.10. The van der Waals surface area contributed by atoms with Crippen molar-refractivity contribution in [3.63, 3.8) is 0 Å². The lowest BCUT2D eigenvalue weighted by Gasteiger charge is -2.42. The zero-order valence-electron chi connectivity index (χ0n) is 19.2. The third-order valence-electron chi connectivity index (χ3n) is 6.26. The van der Waals surface area contributed by atoms with Crippen LogP contribution in [0.2, 0.25) is 0 Å². The molecule has 1 atom stereocenters. The van der Waals surface area contributed by atoms with Gasteiger partial charge in [0.25, 0.3) is 5.91 Å². The number of hydrogen-bond acceptors (Lipinski definition) is 6. The van der Waals surface area contributed by atoms with Gasteiger partial charge in [0.05, 0.1) is 0 Å². The molecule has 4 rings (SSSR count). The molecule has 1 fully saturated rings. The molecule has 1 aliphatic carbocycles. The largest absolute Gasteiger partial charge is 0.573 e. The van der Waals surface area contributed by atoms with Gasteiger partial charge < -0.3 is 14.8 Å². The van der Waals surface area contributed by atoms with Crippen LogP contribution in [0.4, 0.5) is 18.0 Å².